The third kappa shape index (κ3) is 4.80. The van der Waals surface area contributed by atoms with Crippen LogP contribution in [0.1, 0.15) is 44.1 Å². The summed E-state index contributed by atoms with van der Waals surface area (Å²) < 4.78 is 0. The van der Waals surface area contributed by atoms with E-state index in [0.29, 0.717) is 6.54 Å². The van der Waals surface area contributed by atoms with E-state index in [-0.39, 0.29) is 24.5 Å². The van der Waals surface area contributed by atoms with E-state index in [1.54, 1.807) is 11.3 Å². The zero-order valence-electron chi connectivity index (χ0n) is 15.5. The fourth-order valence-electron chi connectivity index (χ4n) is 3.46. The highest BCUT2D eigenvalue weighted by molar-refractivity contribution is 7.12. The molecule has 2 heterocycles. The van der Waals surface area contributed by atoms with Gasteiger partial charge in [-0.2, -0.15) is 0 Å². The fraction of sp³-hybridized carbons (Fsp3) is 0.429. The molecule has 0 unspecified atom stereocenters. The van der Waals surface area contributed by atoms with E-state index >= 15 is 0 Å². The van der Waals surface area contributed by atoms with Crippen molar-refractivity contribution in [2.24, 2.45) is 0 Å². The van der Waals surface area contributed by atoms with E-state index in [4.69, 9.17) is 0 Å². The summed E-state index contributed by atoms with van der Waals surface area (Å²) in [6.45, 7) is 7.41. The number of rotatable bonds is 7. The Kier molecular flexibility index (Phi) is 6.22. The highest BCUT2D eigenvalue weighted by Gasteiger charge is 2.16. The van der Waals surface area contributed by atoms with Crippen molar-refractivity contribution in [3.8, 4) is 0 Å². The van der Waals surface area contributed by atoms with Gasteiger partial charge in [0.05, 0.1) is 0 Å². The Hall–Kier alpha value is -1.98. The molecule has 3 rings (SSSR count). The van der Waals surface area contributed by atoms with Gasteiger partial charge in [0.15, 0.2) is 5.78 Å². The summed E-state index contributed by atoms with van der Waals surface area (Å²) in [7, 11) is 0. The van der Waals surface area contributed by atoms with E-state index in [2.05, 4.69) is 34.5 Å². The summed E-state index contributed by atoms with van der Waals surface area (Å²) in [5.74, 6) is 0.0231. The third-order valence-electron chi connectivity index (χ3n) is 4.88. The average molecular weight is 371 g/mol. The molecule has 2 aromatic rings. The van der Waals surface area contributed by atoms with Gasteiger partial charge in [-0.05, 0) is 37.5 Å². The lowest BCUT2D eigenvalue weighted by Crippen LogP contribution is -2.37. The van der Waals surface area contributed by atoms with Gasteiger partial charge in [0.1, 0.15) is 0 Å². The number of amides is 1. The van der Waals surface area contributed by atoms with Crippen LogP contribution in [0.4, 0.5) is 0 Å². The van der Waals surface area contributed by atoms with Gasteiger partial charge in [0, 0.05) is 54.3 Å². The van der Waals surface area contributed by atoms with Crippen molar-refractivity contribution in [3.05, 3.63) is 56.8 Å². The molecule has 138 valence electrons. The molecule has 0 fully saturated rings. The van der Waals surface area contributed by atoms with Crippen LogP contribution < -0.4 is 5.32 Å². The molecular weight excluding hydrogens is 344 g/mol. The Labute approximate surface area is 159 Å². The molecule has 0 saturated carbocycles. The minimum absolute atomic E-state index is 0.0413. The number of hydrogen-bond donors (Lipinski definition) is 1. The molecule has 1 aromatic carbocycles. The van der Waals surface area contributed by atoms with Crippen LogP contribution in [0.25, 0.3) is 0 Å². The zero-order chi connectivity index (χ0) is 18.5. The van der Waals surface area contributed by atoms with Crippen molar-refractivity contribution in [2.45, 2.75) is 39.7 Å². The molecule has 1 amide bonds. The van der Waals surface area contributed by atoms with Gasteiger partial charge in [-0.3, -0.25) is 14.5 Å². The van der Waals surface area contributed by atoms with Crippen molar-refractivity contribution in [1.29, 1.82) is 0 Å². The standard InChI is InChI=1S/C21H26N2O2S/c1-15-13-19(16(2)26-15)20(24)7-8-21(25)22-10-12-23-11-9-17-5-3-4-6-18(17)14-23/h3-6,13H,7-12,14H2,1-2H3,(H,22,25). The van der Waals surface area contributed by atoms with Crippen molar-refractivity contribution < 1.29 is 9.59 Å². The van der Waals surface area contributed by atoms with E-state index in [1.807, 2.05) is 19.9 Å². The summed E-state index contributed by atoms with van der Waals surface area (Å²) in [6.07, 6.45) is 1.61. The predicted octanol–water partition coefficient (Wildman–Crippen LogP) is 3.50. The van der Waals surface area contributed by atoms with Crippen molar-refractivity contribution in [1.82, 2.24) is 10.2 Å². The zero-order valence-corrected chi connectivity index (χ0v) is 16.3. The molecule has 1 aliphatic heterocycles. The highest BCUT2D eigenvalue weighted by atomic mass is 32.1. The molecule has 1 N–H and O–H groups in total. The number of hydrogen-bond acceptors (Lipinski definition) is 4. The monoisotopic (exact) mass is 370 g/mol. The van der Waals surface area contributed by atoms with Crippen LogP contribution in [0.5, 0.6) is 0 Å². The van der Waals surface area contributed by atoms with Gasteiger partial charge in [0.2, 0.25) is 5.91 Å². The van der Waals surface area contributed by atoms with E-state index in [0.717, 1.165) is 41.4 Å². The predicted molar refractivity (Wildman–Crippen MR) is 106 cm³/mol. The first-order chi connectivity index (χ1) is 12.5. The Bertz CT molecular complexity index is 797. The summed E-state index contributed by atoms with van der Waals surface area (Å²) >= 11 is 1.63. The number of benzene rings is 1. The first-order valence-corrected chi connectivity index (χ1v) is 10.0. The van der Waals surface area contributed by atoms with Crippen LogP contribution in [0.15, 0.2) is 30.3 Å². The second-order valence-corrected chi connectivity index (χ2v) is 8.36. The Morgan fingerprint density at radius 2 is 1.92 bits per heavy atom. The van der Waals surface area contributed by atoms with E-state index in [9.17, 15) is 9.59 Å². The molecule has 1 aromatic heterocycles. The number of nitrogens with zero attached hydrogens (tertiary/aromatic N) is 1. The number of nitrogens with one attached hydrogen (secondary N) is 1. The van der Waals surface area contributed by atoms with Gasteiger partial charge in [-0.25, -0.2) is 0 Å². The molecule has 0 aliphatic carbocycles. The highest BCUT2D eigenvalue weighted by Crippen LogP contribution is 2.22. The number of Topliss-reactive ketones (excluding diaryl/α,β-unsaturated/α-hetero) is 1. The Morgan fingerprint density at radius 3 is 2.65 bits per heavy atom. The van der Waals surface area contributed by atoms with Crippen LogP contribution in [0, 0.1) is 13.8 Å². The number of ketones is 1. The minimum atomic E-state index is -0.0413. The maximum Gasteiger partial charge on any atom is 0.220 e. The number of carbonyl (C=O) groups excluding carboxylic acids is 2. The van der Waals surface area contributed by atoms with Crippen molar-refractivity contribution in [3.63, 3.8) is 0 Å². The quantitative estimate of drug-likeness (QED) is 0.759. The number of thiophene rings is 1. The first kappa shape index (κ1) is 18.8. The second-order valence-electron chi connectivity index (χ2n) is 6.89. The molecule has 0 radical (unpaired) electrons. The minimum Gasteiger partial charge on any atom is -0.355 e. The lowest BCUT2D eigenvalue weighted by atomic mass is 10.00. The molecule has 0 saturated heterocycles. The van der Waals surface area contributed by atoms with Crippen LogP contribution in [0.2, 0.25) is 0 Å². The Balaban J connectivity index is 1.37. The van der Waals surface area contributed by atoms with Crippen LogP contribution in [-0.4, -0.2) is 36.2 Å². The largest absolute Gasteiger partial charge is 0.355 e. The number of carbonyl (C=O) groups is 2. The van der Waals surface area contributed by atoms with E-state index < -0.39 is 0 Å². The molecule has 0 atom stereocenters. The molecule has 4 nitrogen and oxygen atoms in total. The van der Waals surface area contributed by atoms with Crippen molar-refractivity contribution >= 4 is 23.0 Å². The summed E-state index contributed by atoms with van der Waals surface area (Å²) in [5, 5.41) is 2.95. The van der Waals surface area contributed by atoms with Gasteiger partial charge >= 0.3 is 0 Å². The average Bonchev–Trinajstić information content (AvgIpc) is 2.98. The van der Waals surface area contributed by atoms with Gasteiger partial charge in [-0.1, -0.05) is 24.3 Å². The molecule has 1 aliphatic rings. The first-order valence-electron chi connectivity index (χ1n) is 9.19. The molecule has 0 spiro atoms. The molecule has 26 heavy (non-hydrogen) atoms. The summed E-state index contributed by atoms with van der Waals surface area (Å²) in [5.41, 5.74) is 3.59. The lowest BCUT2D eigenvalue weighted by Gasteiger charge is -2.28. The maximum atomic E-state index is 12.2. The number of aryl methyl sites for hydroxylation is 2. The van der Waals surface area contributed by atoms with Crippen LogP contribution >= 0.6 is 11.3 Å². The normalized spacial score (nSPS) is 14.1. The molecular formula is C21H26N2O2S. The second kappa shape index (κ2) is 8.60. The van der Waals surface area contributed by atoms with E-state index in [1.165, 1.54) is 11.1 Å². The fourth-order valence-corrected chi connectivity index (χ4v) is 4.40. The smallest absolute Gasteiger partial charge is 0.220 e. The SMILES string of the molecule is Cc1cc(C(=O)CCC(=O)NCCN2CCc3ccccc3C2)c(C)s1. The van der Waals surface area contributed by atoms with Crippen molar-refractivity contribution in [2.75, 3.05) is 19.6 Å². The topological polar surface area (TPSA) is 49.4 Å². The molecule has 0 bridgehead atoms. The molecule has 5 heteroatoms. The Morgan fingerprint density at radius 1 is 1.15 bits per heavy atom. The van der Waals surface area contributed by atoms with Crippen LogP contribution in [-0.2, 0) is 17.8 Å². The third-order valence-corrected chi connectivity index (χ3v) is 5.85. The van der Waals surface area contributed by atoms with Gasteiger partial charge < -0.3 is 5.32 Å². The summed E-state index contributed by atoms with van der Waals surface area (Å²) in [4.78, 5) is 28.8. The lowest BCUT2D eigenvalue weighted by molar-refractivity contribution is -0.121. The summed E-state index contributed by atoms with van der Waals surface area (Å²) in [6, 6.07) is 10.5. The maximum absolute atomic E-state index is 12.2. The van der Waals surface area contributed by atoms with Crippen LogP contribution in [0.3, 0.4) is 0 Å². The van der Waals surface area contributed by atoms with Gasteiger partial charge in [-0.15, -0.1) is 11.3 Å². The van der Waals surface area contributed by atoms with Gasteiger partial charge in [0.25, 0.3) is 0 Å². The number of fused-ring (bicyclic) bond motifs is 1.